The number of likely N-dealkylation sites (tertiary alicyclic amines) is 1. The second kappa shape index (κ2) is 12.0. The lowest BCUT2D eigenvalue weighted by Gasteiger charge is -2.37. The Kier molecular flexibility index (Phi) is 9.34. The summed E-state index contributed by atoms with van der Waals surface area (Å²) in [5.41, 5.74) is 1.25. The van der Waals surface area contributed by atoms with Gasteiger partial charge in [-0.3, -0.25) is 0 Å². The topological polar surface area (TPSA) is 70.4 Å². The summed E-state index contributed by atoms with van der Waals surface area (Å²) in [7, 11) is 1.99. The highest BCUT2D eigenvalue weighted by Gasteiger charge is 2.27. The van der Waals surface area contributed by atoms with Crippen LogP contribution in [0, 0.1) is 6.92 Å². The summed E-state index contributed by atoms with van der Waals surface area (Å²) in [5, 5.41) is 15.8. The lowest BCUT2D eigenvalue weighted by molar-refractivity contribution is 0.150. The predicted molar refractivity (Wildman–Crippen MR) is 140 cm³/mol. The molecule has 2 fully saturated rings. The fraction of sp³-hybridized carbons (Fsp3) is 0.625. The summed E-state index contributed by atoms with van der Waals surface area (Å²) >= 11 is 0. The van der Waals surface area contributed by atoms with Crippen molar-refractivity contribution < 1.29 is 0 Å². The van der Waals surface area contributed by atoms with Gasteiger partial charge in [-0.05, 0) is 45.1 Å². The van der Waals surface area contributed by atoms with Gasteiger partial charge in [-0.1, -0.05) is 43.2 Å². The van der Waals surface area contributed by atoms with Crippen molar-refractivity contribution in [2.75, 3.05) is 13.1 Å². The largest absolute Gasteiger partial charge is 0.354 e. The van der Waals surface area contributed by atoms with Crippen LogP contribution in [0.2, 0.25) is 0 Å². The third-order valence-corrected chi connectivity index (χ3v) is 6.93. The molecule has 1 atom stereocenters. The van der Waals surface area contributed by atoms with E-state index >= 15 is 0 Å². The Bertz CT molecular complexity index is 852. The van der Waals surface area contributed by atoms with Crippen LogP contribution in [0.15, 0.2) is 35.3 Å². The van der Waals surface area contributed by atoms with Crippen molar-refractivity contribution in [1.82, 2.24) is 30.3 Å². The highest BCUT2D eigenvalue weighted by Crippen LogP contribution is 2.26. The standard InChI is InChI=1S/C24H37N7.HI/c1-18(20-9-5-4-6-10-20)26-24(25-17-23-29-28-19(2)30(23)3)27-21-13-15-31(16-14-21)22-11-7-8-12-22;/h4-6,9-10,18,21-22H,7-8,11-17H2,1-3H3,(H2,25,26,27);1H. The number of aromatic nitrogens is 3. The molecular formula is C24H38IN7. The van der Waals surface area contributed by atoms with Crippen LogP contribution in [0.5, 0.6) is 0 Å². The molecule has 7 nitrogen and oxygen atoms in total. The van der Waals surface area contributed by atoms with E-state index in [0.29, 0.717) is 12.6 Å². The lowest BCUT2D eigenvalue weighted by Crippen LogP contribution is -2.50. The Balaban J connectivity index is 0.00000289. The number of nitrogens with one attached hydrogen (secondary N) is 2. The first-order valence-electron chi connectivity index (χ1n) is 11.8. The van der Waals surface area contributed by atoms with Gasteiger partial charge in [-0.15, -0.1) is 34.2 Å². The van der Waals surface area contributed by atoms with E-state index < -0.39 is 0 Å². The number of hydrogen-bond acceptors (Lipinski definition) is 4. The van der Waals surface area contributed by atoms with Crippen LogP contribution in [-0.2, 0) is 13.6 Å². The molecule has 0 amide bonds. The Morgan fingerprint density at radius 3 is 2.41 bits per heavy atom. The van der Waals surface area contributed by atoms with E-state index in [1.807, 2.05) is 18.5 Å². The quantitative estimate of drug-likeness (QED) is 0.324. The molecule has 0 radical (unpaired) electrons. The number of aliphatic imine (C=N–C) groups is 1. The van der Waals surface area contributed by atoms with Gasteiger partial charge in [-0.2, -0.15) is 0 Å². The van der Waals surface area contributed by atoms with Crippen LogP contribution >= 0.6 is 24.0 Å². The minimum atomic E-state index is 0. The molecule has 1 aromatic carbocycles. The van der Waals surface area contributed by atoms with Gasteiger partial charge in [0.2, 0.25) is 0 Å². The third kappa shape index (κ3) is 6.43. The predicted octanol–water partition coefficient (Wildman–Crippen LogP) is 3.94. The monoisotopic (exact) mass is 551 g/mol. The summed E-state index contributed by atoms with van der Waals surface area (Å²) in [6.07, 6.45) is 7.92. The van der Waals surface area contributed by atoms with Gasteiger partial charge in [0, 0.05) is 32.2 Å². The van der Waals surface area contributed by atoms with E-state index in [9.17, 15) is 0 Å². The molecule has 1 aliphatic heterocycles. The zero-order chi connectivity index (χ0) is 21.6. The maximum absolute atomic E-state index is 4.88. The minimum Gasteiger partial charge on any atom is -0.354 e. The van der Waals surface area contributed by atoms with E-state index in [1.54, 1.807) is 0 Å². The number of halogens is 1. The zero-order valence-electron chi connectivity index (χ0n) is 19.6. The average molecular weight is 552 g/mol. The van der Waals surface area contributed by atoms with Crippen LogP contribution < -0.4 is 10.6 Å². The maximum atomic E-state index is 4.88. The molecule has 0 spiro atoms. The summed E-state index contributed by atoms with van der Waals surface area (Å²) in [6.45, 7) is 7.03. The normalized spacial score (nSPS) is 19.5. The van der Waals surface area contributed by atoms with E-state index in [-0.39, 0.29) is 30.0 Å². The highest BCUT2D eigenvalue weighted by atomic mass is 127. The number of guanidine groups is 1. The Labute approximate surface area is 209 Å². The number of nitrogens with zero attached hydrogens (tertiary/aromatic N) is 5. The van der Waals surface area contributed by atoms with Crippen molar-refractivity contribution in [3.63, 3.8) is 0 Å². The summed E-state index contributed by atoms with van der Waals surface area (Å²) in [4.78, 5) is 7.59. The van der Waals surface area contributed by atoms with Gasteiger partial charge in [-0.25, -0.2) is 4.99 Å². The van der Waals surface area contributed by atoms with Crippen molar-refractivity contribution in [3.8, 4) is 0 Å². The average Bonchev–Trinajstić information content (AvgIpc) is 3.44. The van der Waals surface area contributed by atoms with Gasteiger partial charge in [0.15, 0.2) is 11.8 Å². The molecule has 2 aromatic rings. The van der Waals surface area contributed by atoms with Crippen LogP contribution in [0.25, 0.3) is 0 Å². The molecule has 2 heterocycles. The smallest absolute Gasteiger partial charge is 0.192 e. The van der Waals surface area contributed by atoms with Crippen molar-refractivity contribution in [2.45, 2.75) is 77.0 Å². The summed E-state index contributed by atoms with van der Waals surface area (Å²) < 4.78 is 2.00. The van der Waals surface area contributed by atoms with Gasteiger partial charge in [0.25, 0.3) is 0 Å². The van der Waals surface area contributed by atoms with Crippen LogP contribution in [0.3, 0.4) is 0 Å². The lowest BCUT2D eigenvalue weighted by atomic mass is 10.0. The Morgan fingerprint density at radius 1 is 1.09 bits per heavy atom. The van der Waals surface area contributed by atoms with E-state index in [0.717, 1.165) is 23.7 Å². The molecule has 4 rings (SSSR count). The second-order valence-corrected chi connectivity index (χ2v) is 9.06. The SMILES string of the molecule is Cc1nnc(CN=C(NC2CCN(C3CCCC3)CC2)NC(C)c2ccccc2)n1C.I. The van der Waals surface area contributed by atoms with Gasteiger partial charge >= 0.3 is 0 Å². The van der Waals surface area contributed by atoms with Gasteiger partial charge in [0.1, 0.15) is 12.4 Å². The molecule has 1 unspecified atom stereocenters. The fourth-order valence-electron chi connectivity index (χ4n) is 4.77. The van der Waals surface area contributed by atoms with E-state index in [4.69, 9.17) is 4.99 Å². The molecule has 176 valence electrons. The molecule has 0 bridgehead atoms. The highest BCUT2D eigenvalue weighted by molar-refractivity contribution is 14.0. The van der Waals surface area contributed by atoms with Gasteiger partial charge in [0.05, 0.1) is 6.04 Å². The van der Waals surface area contributed by atoms with Crippen LogP contribution in [-0.4, -0.2) is 50.8 Å². The Hall–Kier alpha value is -1.68. The first kappa shape index (κ1) is 25.0. The molecular weight excluding hydrogens is 513 g/mol. The third-order valence-electron chi connectivity index (χ3n) is 6.93. The molecule has 1 aliphatic carbocycles. The van der Waals surface area contributed by atoms with E-state index in [2.05, 4.69) is 63.0 Å². The number of benzene rings is 1. The number of piperidine rings is 1. The van der Waals surface area contributed by atoms with Crippen molar-refractivity contribution in [3.05, 3.63) is 47.5 Å². The number of rotatable bonds is 6. The zero-order valence-corrected chi connectivity index (χ0v) is 22.0. The first-order chi connectivity index (χ1) is 15.1. The number of hydrogen-bond donors (Lipinski definition) is 2. The maximum Gasteiger partial charge on any atom is 0.192 e. The summed E-state index contributed by atoms with van der Waals surface area (Å²) in [6, 6.07) is 12.0. The second-order valence-electron chi connectivity index (χ2n) is 9.06. The molecule has 1 aromatic heterocycles. The van der Waals surface area contributed by atoms with Crippen molar-refractivity contribution in [1.29, 1.82) is 0 Å². The van der Waals surface area contributed by atoms with Crippen molar-refractivity contribution in [2.24, 2.45) is 12.0 Å². The first-order valence-corrected chi connectivity index (χ1v) is 11.8. The number of aryl methyl sites for hydroxylation is 1. The molecule has 32 heavy (non-hydrogen) atoms. The molecule has 2 N–H and O–H groups in total. The molecule has 1 saturated heterocycles. The minimum absolute atomic E-state index is 0. The Morgan fingerprint density at radius 2 is 1.78 bits per heavy atom. The summed E-state index contributed by atoms with van der Waals surface area (Å²) in [5.74, 6) is 2.64. The molecule has 1 saturated carbocycles. The molecule has 2 aliphatic rings. The van der Waals surface area contributed by atoms with Gasteiger partial charge < -0.3 is 20.1 Å². The fourth-order valence-corrected chi connectivity index (χ4v) is 4.77. The van der Waals surface area contributed by atoms with Crippen molar-refractivity contribution >= 4 is 29.9 Å². The van der Waals surface area contributed by atoms with Crippen LogP contribution in [0.4, 0.5) is 0 Å². The molecule has 8 heteroatoms. The van der Waals surface area contributed by atoms with Crippen LogP contribution in [0.1, 0.15) is 68.7 Å². The van der Waals surface area contributed by atoms with E-state index in [1.165, 1.54) is 57.2 Å².